The lowest BCUT2D eigenvalue weighted by molar-refractivity contribution is -0.134. The van der Waals surface area contributed by atoms with Crippen molar-refractivity contribution in [3.8, 4) is 5.75 Å². The third-order valence-corrected chi connectivity index (χ3v) is 8.31. The number of rotatable bonds is 6. The van der Waals surface area contributed by atoms with Crippen molar-refractivity contribution in [1.82, 2.24) is 20.9 Å². The average Bonchev–Trinajstić information content (AvgIpc) is 3.55. The van der Waals surface area contributed by atoms with Gasteiger partial charge in [0.2, 0.25) is 17.7 Å². The van der Waals surface area contributed by atoms with Gasteiger partial charge in [-0.15, -0.1) is 0 Å². The van der Waals surface area contributed by atoms with Gasteiger partial charge in [-0.05, 0) is 88.1 Å². The van der Waals surface area contributed by atoms with Crippen molar-refractivity contribution in [2.75, 3.05) is 19.8 Å². The molecular formula is C33H44N4O6. The predicted octanol–water partition coefficient (Wildman–Crippen LogP) is 2.74. The normalized spacial score (nSPS) is 22.1. The number of hydrogen-bond donors (Lipinski definition) is 4. The van der Waals surface area contributed by atoms with Crippen LogP contribution in [0.4, 0.5) is 0 Å². The Kier molecular flexibility index (Phi) is 10.4. The van der Waals surface area contributed by atoms with Gasteiger partial charge in [-0.25, -0.2) is 0 Å². The van der Waals surface area contributed by atoms with Crippen molar-refractivity contribution < 1.29 is 29.0 Å². The zero-order valence-corrected chi connectivity index (χ0v) is 25.4. The van der Waals surface area contributed by atoms with Crippen molar-refractivity contribution in [3.05, 3.63) is 65.2 Å². The number of ether oxygens (including phenoxy) is 1. The standard InChI is InChI=1S/C33H44N4O6/c1-23-13-15-26-20-25(23)21-35-29(40)27(16-14-24-10-5-4-6-11-24)37-31(42)33(37,36-30(41)32(2,3)22-38)17-9-12-28(39)34-18-7-8-19-43-26/h4-6,10-11,13,15,20,27,38H,7-9,12,14,16-19,21-22H2,1-3H3,(H,34,39)(H,35,40)(H,36,41)/t27-,33-,37?/m0/s1. The maximum absolute atomic E-state index is 13.8. The molecule has 2 aliphatic rings. The highest BCUT2D eigenvalue weighted by molar-refractivity contribution is 6.08. The van der Waals surface area contributed by atoms with Crippen LogP contribution in [-0.4, -0.2) is 65.1 Å². The van der Waals surface area contributed by atoms with Crippen LogP contribution >= 0.6 is 0 Å². The molecule has 4 amide bonds. The number of carbonyl (C=O) groups is 4. The van der Waals surface area contributed by atoms with Gasteiger partial charge in [0, 0.05) is 19.5 Å². The second kappa shape index (κ2) is 14.0. The predicted molar refractivity (Wildman–Crippen MR) is 162 cm³/mol. The molecule has 0 aromatic heterocycles. The third-order valence-electron chi connectivity index (χ3n) is 8.31. The Morgan fingerprint density at radius 2 is 1.86 bits per heavy atom. The number of aliphatic hydroxyl groups excluding tert-OH is 1. The van der Waals surface area contributed by atoms with Crippen LogP contribution in [0.25, 0.3) is 0 Å². The van der Waals surface area contributed by atoms with Gasteiger partial charge in [-0.2, -0.15) is 0 Å². The van der Waals surface area contributed by atoms with Gasteiger partial charge in [0.25, 0.3) is 5.91 Å². The van der Waals surface area contributed by atoms with E-state index >= 15 is 0 Å². The highest BCUT2D eigenvalue weighted by atomic mass is 16.5. The molecule has 2 aliphatic heterocycles. The summed E-state index contributed by atoms with van der Waals surface area (Å²) in [5.74, 6) is -0.639. The number of benzene rings is 2. The number of fused-ring (bicyclic) bond motifs is 3. The lowest BCUT2D eigenvalue weighted by Crippen LogP contribution is -2.51. The molecule has 0 unspecified atom stereocenters. The topological polar surface area (TPSA) is 137 Å². The van der Waals surface area contributed by atoms with Gasteiger partial charge >= 0.3 is 0 Å². The van der Waals surface area contributed by atoms with E-state index in [4.69, 9.17) is 4.74 Å². The number of carbonyl (C=O) groups excluding carboxylic acids is 4. The van der Waals surface area contributed by atoms with Crippen molar-refractivity contribution in [2.24, 2.45) is 5.41 Å². The summed E-state index contributed by atoms with van der Waals surface area (Å²) in [6.45, 7) is 6.01. The van der Waals surface area contributed by atoms with E-state index in [1.165, 1.54) is 4.90 Å². The minimum absolute atomic E-state index is 0.141. The molecule has 4 N–H and O–H groups in total. The van der Waals surface area contributed by atoms with Crippen LogP contribution in [0.1, 0.15) is 69.1 Å². The molecule has 4 rings (SSSR count). The van der Waals surface area contributed by atoms with Gasteiger partial charge < -0.3 is 25.8 Å². The Hall–Kier alpha value is -3.92. The number of amides is 4. The minimum atomic E-state index is -1.44. The fourth-order valence-electron chi connectivity index (χ4n) is 5.31. The fraction of sp³-hybridized carbons (Fsp3) is 0.515. The average molecular weight is 593 g/mol. The monoisotopic (exact) mass is 592 g/mol. The summed E-state index contributed by atoms with van der Waals surface area (Å²) in [6.07, 6.45) is 3.07. The van der Waals surface area contributed by atoms with E-state index in [2.05, 4.69) is 16.0 Å². The van der Waals surface area contributed by atoms with Gasteiger partial charge in [-0.1, -0.05) is 36.4 Å². The van der Waals surface area contributed by atoms with Crippen molar-refractivity contribution >= 4 is 23.6 Å². The molecule has 1 saturated heterocycles. The first-order chi connectivity index (χ1) is 20.6. The summed E-state index contributed by atoms with van der Waals surface area (Å²) in [6, 6.07) is 14.6. The first-order valence-corrected chi connectivity index (χ1v) is 15.2. The van der Waals surface area contributed by atoms with E-state index in [9.17, 15) is 24.3 Å². The zero-order chi connectivity index (χ0) is 31.0. The summed E-state index contributed by atoms with van der Waals surface area (Å²) in [4.78, 5) is 54.7. The number of nitrogens with one attached hydrogen (secondary N) is 3. The second-order valence-electron chi connectivity index (χ2n) is 12.1. The Morgan fingerprint density at radius 3 is 2.60 bits per heavy atom. The molecule has 10 nitrogen and oxygen atoms in total. The molecule has 2 aromatic rings. The van der Waals surface area contributed by atoms with E-state index in [0.29, 0.717) is 38.2 Å². The van der Waals surface area contributed by atoms with Crippen molar-refractivity contribution in [2.45, 2.75) is 84.0 Å². The zero-order valence-electron chi connectivity index (χ0n) is 25.4. The fourth-order valence-corrected chi connectivity index (χ4v) is 5.31. The van der Waals surface area contributed by atoms with E-state index in [-0.39, 0.29) is 37.1 Å². The highest BCUT2D eigenvalue weighted by Crippen LogP contribution is 2.41. The Bertz CT molecular complexity index is 1310. The van der Waals surface area contributed by atoms with E-state index in [0.717, 1.165) is 29.5 Å². The SMILES string of the molecule is Cc1ccc2cc1CNC(=O)[C@H](CCc1ccccc1)N1C(=O)[C@]1(NC(=O)C(C)(C)CO)CCCC(=O)NCCCCO2. The van der Waals surface area contributed by atoms with Gasteiger partial charge in [0.15, 0.2) is 5.66 Å². The Labute approximate surface area is 253 Å². The number of hydrogen-bond acceptors (Lipinski definition) is 6. The van der Waals surface area contributed by atoms with Crippen molar-refractivity contribution in [1.29, 1.82) is 0 Å². The quantitative estimate of drug-likeness (QED) is 0.381. The molecule has 1 fully saturated rings. The van der Waals surface area contributed by atoms with E-state index in [1.807, 2.05) is 55.5 Å². The van der Waals surface area contributed by atoms with Crippen LogP contribution in [0.3, 0.4) is 0 Å². The van der Waals surface area contributed by atoms with Crippen LogP contribution in [0.2, 0.25) is 0 Å². The second-order valence-corrected chi connectivity index (χ2v) is 12.1. The van der Waals surface area contributed by atoms with Crippen LogP contribution < -0.4 is 20.7 Å². The lowest BCUT2D eigenvalue weighted by atomic mass is 9.93. The Balaban J connectivity index is 1.64. The number of aliphatic hydroxyl groups is 1. The molecule has 0 aliphatic carbocycles. The molecule has 10 heteroatoms. The van der Waals surface area contributed by atoms with Crippen LogP contribution in [0.15, 0.2) is 48.5 Å². The van der Waals surface area contributed by atoms with Crippen molar-refractivity contribution in [3.63, 3.8) is 0 Å². The summed E-state index contributed by atoms with van der Waals surface area (Å²) in [7, 11) is 0. The maximum Gasteiger partial charge on any atom is 0.272 e. The summed E-state index contributed by atoms with van der Waals surface area (Å²) in [5, 5.41) is 18.6. The highest BCUT2D eigenvalue weighted by Gasteiger charge is 2.67. The number of nitrogens with zero attached hydrogens (tertiary/aromatic N) is 1. The minimum Gasteiger partial charge on any atom is -0.494 e. The van der Waals surface area contributed by atoms with E-state index < -0.39 is 29.6 Å². The lowest BCUT2D eigenvalue weighted by Gasteiger charge is -2.27. The molecule has 232 valence electrons. The molecule has 2 aromatic carbocycles. The number of aryl methyl sites for hydroxylation is 2. The third kappa shape index (κ3) is 7.93. The largest absolute Gasteiger partial charge is 0.494 e. The van der Waals surface area contributed by atoms with Crippen LogP contribution in [0.5, 0.6) is 5.75 Å². The molecular weight excluding hydrogens is 548 g/mol. The van der Waals surface area contributed by atoms with Gasteiger partial charge in [0.05, 0.1) is 18.6 Å². The molecule has 2 heterocycles. The molecule has 0 saturated carbocycles. The summed E-state index contributed by atoms with van der Waals surface area (Å²) >= 11 is 0. The first-order valence-electron chi connectivity index (χ1n) is 15.2. The summed E-state index contributed by atoms with van der Waals surface area (Å²) in [5.41, 5.74) is 0.345. The molecule has 0 spiro atoms. The molecule has 2 bridgehead atoms. The van der Waals surface area contributed by atoms with Gasteiger partial charge in [0.1, 0.15) is 11.8 Å². The Morgan fingerprint density at radius 1 is 1.09 bits per heavy atom. The van der Waals surface area contributed by atoms with E-state index in [1.54, 1.807) is 13.8 Å². The molecule has 43 heavy (non-hydrogen) atoms. The molecule has 2 atom stereocenters. The maximum atomic E-state index is 13.8. The van der Waals surface area contributed by atoms with Crippen LogP contribution in [-0.2, 0) is 32.1 Å². The smallest absolute Gasteiger partial charge is 0.272 e. The summed E-state index contributed by atoms with van der Waals surface area (Å²) < 4.78 is 5.92. The molecule has 0 radical (unpaired) electrons. The first kappa shape index (κ1) is 32.0. The van der Waals surface area contributed by atoms with Gasteiger partial charge in [-0.3, -0.25) is 24.1 Å². The van der Waals surface area contributed by atoms with Crippen LogP contribution in [0, 0.1) is 12.3 Å².